The van der Waals surface area contributed by atoms with Gasteiger partial charge in [0.1, 0.15) is 12.0 Å². The van der Waals surface area contributed by atoms with E-state index in [-0.39, 0.29) is 12.2 Å². The van der Waals surface area contributed by atoms with Crippen molar-refractivity contribution in [2.24, 2.45) is 0 Å². The second-order valence-corrected chi connectivity index (χ2v) is 6.76. The van der Waals surface area contributed by atoms with Crippen LogP contribution in [-0.4, -0.2) is 0 Å². The van der Waals surface area contributed by atoms with Crippen LogP contribution in [0.4, 0.5) is 8.78 Å². The molecule has 3 aromatic carbocycles. The number of halogens is 2. The van der Waals surface area contributed by atoms with Gasteiger partial charge in [-0.25, -0.2) is 8.78 Å². The van der Waals surface area contributed by atoms with Crippen LogP contribution in [0.2, 0.25) is 0 Å². The van der Waals surface area contributed by atoms with Gasteiger partial charge in [0.15, 0.2) is 0 Å². The Bertz CT molecular complexity index is 880. The van der Waals surface area contributed by atoms with Gasteiger partial charge in [0, 0.05) is 6.42 Å². The molecule has 0 aliphatic heterocycles. The molecule has 3 rings (SSSR count). The molecule has 0 nitrogen and oxygen atoms in total. The zero-order valence-electron chi connectivity index (χ0n) is 15.5. The van der Waals surface area contributed by atoms with E-state index in [1.165, 1.54) is 11.6 Å². The third-order valence-electron chi connectivity index (χ3n) is 4.62. The fraction of sp³-hybridized carbons (Fsp3) is 0.200. The van der Waals surface area contributed by atoms with Crippen molar-refractivity contribution in [2.75, 3.05) is 0 Å². The molecule has 0 bridgehead atoms. The van der Waals surface area contributed by atoms with Gasteiger partial charge in [-0.1, -0.05) is 92.2 Å². The molecule has 0 fully saturated rings. The smallest absolute Gasteiger partial charge is 0.129 e. The highest BCUT2D eigenvalue weighted by atomic mass is 19.1. The molecule has 0 N–H and O–H groups in total. The second-order valence-electron chi connectivity index (χ2n) is 6.76. The van der Waals surface area contributed by atoms with Crippen LogP contribution in [0.15, 0.2) is 72.8 Å². The molecule has 27 heavy (non-hydrogen) atoms. The van der Waals surface area contributed by atoms with Gasteiger partial charge in [-0.15, -0.1) is 0 Å². The molecule has 0 radical (unpaired) electrons. The molecule has 138 valence electrons. The number of alkyl halides is 1. The van der Waals surface area contributed by atoms with Crippen LogP contribution < -0.4 is 0 Å². The molecule has 2 heteroatoms. The van der Waals surface area contributed by atoms with E-state index in [0.717, 1.165) is 24.0 Å². The largest absolute Gasteiger partial charge is 0.242 e. The van der Waals surface area contributed by atoms with Crippen molar-refractivity contribution in [1.29, 1.82) is 0 Å². The maximum absolute atomic E-state index is 14.4. The third kappa shape index (κ3) is 5.37. The summed E-state index contributed by atoms with van der Waals surface area (Å²) < 4.78 is 28.8. The molecule has 0 spiro atoms. The minimum atomic E-state index is -1.20. The molecule has 0 saturated heterocycles. The van der Waals surface area contributed by atoms with Gasteiger partial charge in [-0.2, -0.15) is 0 Å². The SMILES string of the molecule is CCCc1ccc(C=Cc2ccc(C[C@@H](F)c3ccccc3)c(F)c2)cc1. The molecule has 0 aliphatic carbocycles. The average molecular weight is 362 g/mol. The Labute approximate surface area is 160 Å². The van der Waals surface area contributed by atoms with Crippen LogP contribution in [0.1, 0.15) is 47.3 Å². The van der Waals surface area contributed by atoms with Crippen molar-refractivity contribution in [2.45, 2.75) is 32.4 Å². The molecule has 0 heterocycles. The average Bonchev–Trinajstić information content (AvgIpc) is 2.70. The first kappa shape index (κ1) is 19.0. The highest BCUT2D eigenvalue weighted by molar-refractivity contribution is 5.69. The topological polar surface area (TPSA) is 0 Å². The van der Waals surface area contributed by atoms with Gasteiger partial charge in [0.05, 0.1) is 0 Å². The second kappa shape index (κ2) is 9.27. The fourth-order valence-electron chi connectivity index (χ4n) is 3.08. The summed E-state index contributed by atoms with van der Waals surface area (Å²) in [4.78, 5) is 0. The van der Waals surface area contributed by atoms with Crippen LogP contribution in [-0.2, 0) is 12.8 Å². The summed E-state index contributed by atoms with van der Waals surface area (Å²) in [7, 11) is 0. The van der Waals surface area contributed by atoms with E-state index < -0.39 is 6.17 Å². The van der Waals surface area contributed by atoms with Crippen molar-refractivity contribution in [1.82, 2.24) is 0 Å². The summed E-state index contributed by atoms with van der Waals surface area (Å²) in [5.41, 5.74) is 4.14. The summed E-state index contributed by atoms with van der Waals surface area (Å²) in [6, 6.07) is 22.2. The van der Waals surface area contributed by atoms with Crippen LogP contribution in [0.5, 0.6) is 0 Å². The zero-order valence-corrected chi connectivity index (χ0v) is 15.5. The van der Waals surface area contributed by atoms with Gasteiger partial charge in [-0.3, -0.25) is 0 Å². The highest BCUT2D eigenvalue weighted by Gasteiger charge is 2.13. The Morgan fingerprint density at radius 1 is 0.852 bits per heavy atom. The summed E-state index contributed by atoms with van der Waals surface area (Å²) >= 11 is 0. The Morgan fingerprint density at radius 2 is 1.52 bits per heavy atom. The molecule has 3 aromatic rings. The van der Waals surface area contributed by atoms with Crippen molar-refractivity contribution < 1.29 is 8.78 Å². The number of hydrogen-bond acceptors (Lipinski definition) is 0. The Balaban J connectivity index is 1.67. The predicted octanol–water partition coefficient (Wildman–Crippen LogP) is 7.20. The lowest BCUT2D eigenvalue weighted by molar-refractivity contribution is 0.338. The molecule has 0 saturated carbocycles. The normalized spacial score (nSPS) is 12.4. The van der Waals surface area contributed by atoms with E-state index >= 15 is 0 Å². The Morgan fingerprint density at radius 3 is 2.19 bits per heavy atom. The Hall–Kier alpha value is -2.74. The zero-order chi connectivity index (χ0) is 19.1. The first-order chi connectivity index (χ1) is 13.2. The monoisotopic (exact) mass is 362 g/mol. The van der Waals surface area contributed by atoms with Crippen molar-refractivity contribution in [3.05, 3.63) is 106 Å². The van der Waals surface area contributed by atoms with E-state index in [2.05, 4.69) is 31.2 Å². The molecular weight excluding hydrogens is 338 g/mol. The van der Waals surface area contributed by atoms with Crippen LogP contribution in [0.3, 0.4) is 0 Å². The van der Waals surface area contributed by atoms with E-state index in [4.69, 9.17) is 0 Å². The van der Waals surface area contributed by atoms with Gasteiger partial charge in [0.2, 0.25) is 0 Å². The van der Waals surface area contributed by atoms with Crippen molar-refractivity contribution in [3.8, 4) is 0 Å². The minimum Gasteiger partial charge on any atom is -0.242 e. The first-order valence-electron chi connectivity index (χ1n) is 9.40. The quantitative estimate of drug-likeness (QED) is 0.390. The highest BCUT2D eigenvalue weighted by Crippen LogP contribution is 2.24. The number of aryl methyl sites for hydroxylation is 1. The minimum absolute atomic E-state index is 0.0404. The van der Waals surface area contributed by atoms with Crippen molar-refractivity contribution in [3.63, 3.8) is 0 Å². The summed E-state index contributed by atoms with van der Waals surface area (Å²) in [5.74, 6) is -0.367. The maximum atomic E-state index is 14.4. The molecule has 0 amide bonds. The number of benzene rings is 3. The lowest BCUT2D eigenvalue weighted by atomic mass is 10.0. The van der Waals surface area contributed by atoms with E-state index in [0.29, 0.717) is 11.1 Å². The van der Waals surface area contributed by atoms with Crippen LogP contribution >= 0.6 is 0 Å². The van der Waals surface area contributed by atoms with E-state index in [9.17, 15) is 8.78 Å². The van der Waals surface area contributed by atoms with Gasteiger partial charge in [0.25, 0.3) is 0 Å². The molecule has 0 aliphatic rings. The molecule has 0 unspecified atom stereocenters. The predicted molar refractivity (Wildman–Crippen MR) is 110 cm³/mol. The lowest BCUT2D eigenvalue weighted by Gasteiger charge is -2.10. The van der Waals surface area contributed by atoms with Crippen molar-refractivity contribution >= 4 is 12.2 Å². The van der Waals surface area contributed by atoms with Gasteiger partial charge >= 0.3 is 0 Å². The standard InChI is InChI=1S/C25H24F2/c1-2-6-19-9-11-20(12-10-19)13-14-21-15-16-23(24(26)17-21)18-25(27)22-7-4-3-5-8-22/h3-5,7-17,25H,2,6,18H2,1H3/t25-/m1/s1. The van der Waals surface area contributed by atoms with E-state index in [1.54, 1.807) is 30.3 Å². The van der Waals surface area contributed by atoms with Crippen LogP contribution in [0.25, 0.3) is 12.2 Å². The first-order valence-corrected chi connectivity index (χ1v) is 9.40. The Kier molecular flexibility index (Phi) is 6.54. The number of rotatable bonds is 7. The molecule has 0 aromatic heterocycles. The van der Waals surface area contributed by atoms with Crippen LogP contribution in [0, 0.1) is 5.82 Å². The van der Waals surface area contributed by atoms with Gasteiger partial charge in [-0.05, 0) is 40.3 Å². The molecular formula is C25H24F2. The summed E-state index contributed by atoms with van der Waals surface area (Å²) in [6.07, 6.45) is 4.89. The third-order valence-corrected chi connectivity index (χ3v) is 4.62. The van der Waals surface area contributed by atoms with Gasteiger partial charge < -0.3 is 0 Å². The lowest BCUT2D eigenvalue weighted by Crippen LogP contribution is -1.99. The fourth-order valence-corrected chi connectivity index (χ4v) is 3.08. The molecule has 1 atom stereocenters. The maximum Gasteiger partial charge on any atom is 0.129 e. The summed E-state index contributed by atoms with van der Waals surface area (Å²) in [6.45, 7) is 2.16. The summed E-state index contributed by atoms with van der Waals surface area (Å²) in [5, 5.41) is 0. The number of hydrogen-bond donors (Lipinski definition) is 0. The van der Waals surface area contributed by atoms with E-state index in [1.807, 2.05) is 24.3 Å².